The van der Waals surface area contributed by atoms with Gasteiger partial charge < -0.3 is 14.2 Å². The Balaban J connectivity index is 2.97. The highest BCUT2D eigenvalue weighted by Crippen LogP contribution is 2.31. The molecule has 0 unspecified atom stereocenters. The van der Waals surface area contributed by atoms with E-state index in [1.54, 1.807) is 6.08 Å². The van der Waals surface area contributed by atoms with E-state index in [0.29, 0.717) is 6.42 Å². The fourth-order valence-electron chi connectivity index (χ4n) is 2.33. The summed E-state index contributed by atoms with van der Waals surface area (Å²) in [7, 11) is 0. The lowest BCUT2D eigenvalue weighted by Gasteiger charge is -2.25. The van der Waals surface area contributed by atoms with E-state index in [2.05, 4.69) is 0 Å². The van der Waals surface area contributed by atoms with Gasteiger partial charge >= 0.3 is 17.9 Å². The maximum atomic E-state index is 11.3. The highest BCUT2D eigenvalue weighted by Gasteiger charge is 2.43. The molecule has 1 aliphatic carbocycles. The number of hydrogen-bond donors (Lipinski definition) is 0. The zero-order chi connectivity index (χ0) is 16.0. The first-order valence-corrected chi connectivity index (χ1v) is 7.07. The van der Waals surface area contributed by atoms with E-state index in [1.165, 1.54) is 20.8 Å². The van der Waals surface area contributed by atoms with Crippen molar-refractivity contribution in [3.05, 3.63) is 11.6 Å². The number of carbonyl (C=O) groups is 3. The van der Waals surface area contributed by atoms with E-state index in [0.717, 1.165) is 18.4 Å². The molecule has 0 aromatic heterocycles. The molecule has 0 radical (unpaired) electrons. The number of hydrogen-bond acceptors (Lipinski definition) is 6. The minimum atomic E-state index is -0.817. The third-order valence-corrected chi connectivity index (χ3v) is 3.08. The predicted molar refractivity (Wildman–Crippen MR) is 74.3 cm³/mol. The zero-order valence-electron chi connectivity index (χ0n) is 12.9. The summed E-state index contributed by atoms with van der Waals surface area (Å²) >= 11 is 0. The summed E-state index contributed by atoms with van der Waals surface area (Å²) in [5, 5.41) is 0. The molecule has 21 heavy (non-hydrogen) atoms. The zero-order valence-corrected chi connectivity index (χ0v) is 12.9. The Hall–Kier alpha value is -1.85. The van der Waals surface area contributed by atoms with Crippen LogP contribution in [-0.4, -0.2) is 36.2 Å². The average molecular weight is 298 g/mol. The van der Waals surface area contributed by atoms with Crippen LogP contribution in [-0.2, 0) is 28.6 Å². The van der Waals surface area contributed by atoms with Gasteiger partial charge in [-0.05, 0) is 24.5 Å². The van der Waals surface area contributed by atoms with Gasteiger partial charge in [-0.2, -0.15) is 0 Å². The molecule has 0 spiro atoms. The van der Waals surface area contributed by atoms with Crippen LogP contribution in [0.1, 0.15) is 47.0 Å². The van der Waals surface area contributed by atoms with Crippen LogP contribution >= 0.6 is 0 Å². The van der Waals surface area contributed by atoms with Gasteiger partial charge in [0.15, 0.2) is 18.3 Å². The Bertz CT molecular complexity index is 439. The van der Waals surface area contributed by atoms with E-state index in [9.17, 15) is 14.4 Å². The molecular weight excluding hydrogens is 276 g/mol. The van der Waals surface area contributed by atoms with Gasteiger partial charge in [-0.3, -0.25) is 14.4 Å². The smallest absolute Gasteiger partial charge is 0.303 e. The Labute approximate surface area is 124 Å². The molecule has 0 bridgehead atoms. The van der Waals surface area contributed by atoms with Crippen LogP contribution in [0.3, 0.4) is 0 Å². The molecular formula is C15H22O6. The largest absolute Gasteiger partial charge is 0.454 e. The number of esters is 3. The molecule has 0 saturated carbocycles. The van der Waals surface area contributed by atoms with Crippen molar-refractivity contribution in [1.29, 1.82) is 0 Å². The molecule has 0 fully saturated rings. The first-order chi connectivity index (χ1) is 9.85. The highest BCUT2D eigenvalue weighted by atomic mass is 16.6. The lowest BCUT2D eigenvalue weighted by atomic mass is 10.1. The molecule has 1 rings (SSSR count). The quantitative estimate of drug-likeness (QED) is 0.423. The van der Waals surface area contributed by atoms with E-state index < -0.39 is 36.2 Å². The lowest BCUT2D eigenvalue weighted by Crippen LogP contribution is -2.40. The van der Waals surface area contributed by atoms with Crippen LogP contribution in [0.15, 0.2) is 11.6 Å². The van der Waals surface area contributed by atoms with Gasteiger partial charge in [0.1, 0.15) is 0 Å². The number of ether oxygens (including phenoxy) is 3. The Morgan fingerprint density at radius 2 is 1.57 bits per heavy atom. The van der Waals surface area contributed by atoms with Gasteiger partial charge in [-0.25, -0.2) is 0 Å². The van der Waals surface area contributed by atoms with Crippen LogP contribution in [0, 0.1) is 0 Å². The van der Waals surface area contributed by atoms with Crippen LogP contribution < -0.4 is 0 Å². The minimum absolute atomic E-state index is 0.469. The summed E-state index contributed by atoms with van der Waals surface area (Å²) in [5.74, 6) is -1.46. The Morgan fingerprint density at radius 3 is 2.05 bits per heavy atom. The monoisotopic (exact) mass is 298 g/mol. The van der Waals surface area contributed by atoms with Crippen LogP contribution in [0.4, 0.5) is 0 Å². The molecule has 118 valence electrons. The standard InChI is InChI=1S/C15H22O6/c1-5-6-7-12-8-13(19-9(2)16)15(21-11(4)18)14(12)20-10(3)17/h8,13-15H,5-7H2,1-4H3/t13-,14-,15-/m0/s1. The summed E-state index contributed by atoms with van der Waals surface area (Å²) in [6.45, 7) is 5.88. The normalized spacial score (nSPS) is 24.2. The molecule has 6 nitrogen and oxygen atoms in total. The maximum absolute atomic E-state index is 11.3. The fourth-order valence-corrected chi connectivity index (χ4v) is 2.33. The van der Waals surface area contributed by atoms with Gasteiger partial charge in [0.2, 0.25) is 0 Å². The van der Waals surface area contributed by atoms with Crippen LogP contribution in [0.5, 0.6) is 0 Å². The van der Waals surface area contributed by atoms with Crippen molar-refractivity contribution in [1.82, 2.24) is 0 Å². The summed E-state index contributed by atoms with van der Waals surface area (Å²) in [6, 6.07) is 0. The van der Waals surface area contributed by atoms with Crippen molar-refractivity contribution in [2.75, 3.05) is 0 Å². The second kappa shape index (κ2) is 7.81. The molecule has 0 amide bonds. The molecule has 0 aliphatic heterocycles. The van der Waals surface area contributed by atoms with Gasteiger partial charge in [-0.15, -0.1) is 0 Å². The van der Waals surface area contributed by atoms with E-state index in [1.807, 2.05) is 6.92 Å². The topological polar surface area (TPSA) is 78.9 Å². The molecule has 0 N–H and O–H groups in total. The van der Waals surface area contributed by atoms with Gasteiger partial charge in [0.05, 0.1) is 0 Å². The molecule has 0 saturated heterocycles. The second-order valence-electron chi connectivity index (χ2n) is 5.02. The van der Waals surface area contributed by atoms with Gasteiger partial charge in [-0.1, -0.05) is 13.3 Å². The fraction of sp³-hybridized carbons (Fsp3) is 0.667. The molecule has 0 aromatic carbocycles. The van der Waals surface area contributed by atoms with Gasteiger partial charge in [0.25, 0.3) is 0 Å². The molecule has 3 atom stereocenters. The lowest BCUT2D eigenvalue weighted by molar-refractivity contribution is -0.173. The summed E-state index contributed by atoms with van der Waals surface area (Å²) in [5.41, 5.74) is 0.824. The third kappa shape index (κ3) is 5.21. The van der Waals surface area contributed by atoms with Crippen molar-refractivity contribution in [2.45, 2.75) is 65.3 Å². The van der Waals surface area contributed by atoms with Crippen molar-refractivity contribution in [3.8, 4) is 0 Å². The first kappa shape index (κ1) is 17.2. The van der Waals surface area contributed by atoms with Crippen molar-refractivity contribution in [2.24, 2.45) is 0 Å². The summed E-state index contributed by atoms with van der Waals surface area (Å²) in [4.78, 5) is 33.7. The molecule has 0 heterocycles. The van der Waals surface area contributed by atoms with Crippen LogP contribution in [0.2, 0.25) is 0 Å². The van der Waals surface area contributed by atoms with E-state index in [-0.39, 0.29) is 0 Å². The van der Waals surface area contributed by atoms with E-state index in [4.69, 9.17) is 14.2 Å². The Morgan fingerprint density at radius 1 is 1.00 bits per heavy atom. The number of rotatable bonds is 6. The van der Waals surface area contributed by atoms with Crippen LogP contribution in [0.25, 0.3) is 0 Å². The molecule has 0 aromatic rings. The van der Waals surface area contributed by atoms with Crippen molar-refractivity contribution < 1.29 is 28.6 Å². The first-order valence-electron chi connectivity index (χ1n) is 7.07. The third-order valence-electron chi connectivity index (χ3n) is 3.08. The Kier molecular flexibility index (Phi) is 6.39. The summed E-state index contributed by atoms with van der Waals surface area (Å²) < 4.78 is 15.6. The highest BCUT2D eigenvalue weighted by molar-refractivity contribution is 5.69. The minimum Gasteiger partial charge on any atom is -0.454 e. The van der Waals surface area contributed by atoms with Crippen molar-refractivity contribution in [3.63, 3.8) is 0 Å². The van der Waals surface area contributed by atoms with E-state index >= 15 is 0 Å². The average Bonchev–Trinajstić information content (AvgIpc) is 2.63. The van der Waals surface area contributed by atoms with Crippen molar-refractivity contribution >= 4 is 17.9 Å². The SMILES string of the molecule is CCCCC1=C[C@H](OC(C)=O)[C@H](OC(C)=O)[C@H]1OC(C)=O. The number of carbonyl (C=O) groups excluding carboxylic acids is 3. The summed E-state index contributed by atoms with van der Waals surface area (Å²) in [6.07, 6.45) is 2.07. The molecule has 1 aliphatic rings. The number of unbranched alkanes of at least 4 members (excludes halogenated alkanes) is 1. The van der Waals surface area contributed by atoms with Gasteiger partial charge in [0, 0.05) is 20.8 Å². The molecule has 6 heteroatoms. The predicted octanol–water partition coefficient (Wildman–Crippen LogP) is 1.91. The maximum Gasteiger partial charge on any atom is 0.303 e. The second-order valence-corrected chi connectivity index (χ2v) is 5.02.